The summed E-state index contributed by atoms with van der Waals surface area (Å²) in [7, 11) is -5.13. The van der Waals surface area contributed by atoms with Crippen LogP contribution in [0.2, 0.25) is 0 Å². The lowest BCUT2D eigenvalue weighted by Gasteiger charge is -2.41. The number of unbranched alkanes of at least 4 members (excludes halogenated alkanes) is 29. The van der Waals surface area contributed by atoms with Crippen LogP contribution in [0.4, 0.5) is 0 Å². The fourth-order valence-corrected chi connectivity index (χ4v) is 8.98. The molecule has 0 aromatic rings. The average Bonchev–Trinajstić information content (AvgIpc) is 3.30. The summed E-state index contributed by atoms with van der Waals surface area (Å²) >= 11 is 0. The zero-order valence-corrected chi connectivity index (χ0v) is 42.9. The van der Waals surface area contributed by atoms with Gasteiger partial charge in [-0.25, -0.2) is 4.18 Å². The van der Waals surface area contributed by atoms with Gasteiger partial charge in [0.25, 0.3) is 0 Å². The smallest absolute Gasteiger partial charge is 0.394 e. The van der Waals surface area contributed by atoms with Crippen molar-refractivity contribution in [2.24, 2.45) is 0 Å². The molecule has 0 aromatic carbocycles. The van der Waals surface area contributed by atoms with Crippen LogP contribution in [0.15, 0.2) is 36.5 Å². The molecule has 0 saturated carbocycles. The van der Waals surface area contributed by atoms with E-state index in [1.807, 2.05) is 0 Å². The number of aliphatic hydroxyl groups is 5. The molecule has 1 heterocycles. The van der Waals surface area contributed by atoms with E-state index in [0.29, 0.717) is 12.8 Å². The molecule has 0 aliphatic carbocycles. The largest absolute Gasteiger partial charge is 0.397 e. The molecule has 0 radical (unpaired) electrons. The minimum atomic E-state index is -5.13. The summed E-state index contributed by atoms with van der Waals surface area (Å²) in [5, 5.41) is 55.4. The number of rotatable bonds is 46. The van der Waals surface area contributed by atoms with Gasteiger partial charge in [0.2, 0.25) is 5.91 Å². The van der Waals surface area contributed by atoms with E-state index < -0.39 is 78.5 Å². The van der Waals surface area contributed by atoms with Crippen LogP contribution in [0.5, 0.6) is 0 Å². The first-order chi connectivity index (χ1) is 32.4. The summed E-state index contributed by atoms with van der Waals surface area (Å²) in [6, 6.07) is -1.14. The van der Waals surface area contributed by atoms with Crippen molar-refractivity contribution in [1.82, 2.24) is 5.32 Å². The molecule has 1 aliphatic rings. The molecule has 7 N–H and O–H groups in total. The van der Waals surface area contributed by atoms with E-state index in [1.54, 1.807) is 6.08 Å². The fraction of sp³-hybridized carbons (Fsp3) is 0.868. The van der Waals surface area contributed by atoms with Crippen molar-refractivity contribution < 1.29 is 57.0 Å². The Morgan fingerprint density at radius 1 is 0.597 bits per heavy atom. The highest BCUT2D eigenvalue weighted by Crippen LogP contribution is 2.26. The van der Waals surface area contributed by atoms with Crippen LogP contribution in [0.3, 0.4) is 0 Å². The topological polar surface area (TPSA) is 212 Å². The van der Waals surface area contributed by atoms with Gasteiger partial charge in [0.15, 0.2) is 6.29 Å². The van der Waals surface area contributed by atoms with Gasteiger partial charge in [0.1, 0.15) is 30.5 Å². The Bertz CT molecular complexity index is 1350. The van der Waals surface area contributed by atoms with Gasteiger partial charge >= 0.3 is 10.4 Å². The van der Waals surface area contributed by atoms with E-state index in [4.69, 9.17) is 9.47 Å². The highest BCUT2D eigenvalue weighted by Gasteiger charge is 2.48. The number of allylic oxidation sites excluding steroid dienone is 5. The van der Waals surface area contributed by atoms with Gasteiger partial charge in [-0.2, -0.15) is 8.42 Å². The second kappa shape index (κ2) is 43.1. The number of carbonyl (C=O) groups excluding carboxylic acids is 1. The summed E-state index contributed by atoms with van der Waals surface area (Å²) in [4.78, 5) is 13.2. The van der Waals surface area contributed by atoms with E-state index in [9.17, 15) is 43.3 Å². The second-order valence-corrected chi connectivity index (χ2v) is 20.0. The van der Waals surface area contributed by atoms with Crippen molar-refractivity contribution in [1.29, 1.82) is 0 Å². The van der Waals surface area contributed by atoms with Gasteiger partial charge in [-0.1, -0.05) is 211 Å². The van der Waals surface area contributed by atoms with Crippen molar-refractivity contribution in [3.63, 3.8) is 0 Å². The van der Waals surface area contributed by atoms with Gasteiger partial charge in [-0.05, 0) is 57.8 Å². The lowest BCUT2D eigenvalue weighted by atomic mass is 9.99. The molecule has 394 valence electrons. The SMILES string of the molecule is CCCCCCCCCCC/C=C\CCCCCCC(O)C(=O)NC(COC1OC(CO)C(O)C(OS(=O)(=O)O)C1O)C(O)/C=C/CC/C=C/CCCCCCCCCCCCCCCCC. The molecule has 1 saturated heterocycles. The van der Waals surface area contributed by atoms with E-state index in [2.05, 4.69) is 47.7 Å². The summed E-state index contributed by atoms with van der Waals surface area (Å²) in [5.41, 5.74) is 0. The monoisotopic (exact) mass is 974 g/mol. The molecule has 1 rings (SSSR count). The van der Waals surface area contributed by atoms with Crippen LogP contribution < -0.4 is 5.32 Å². The molecule has 1 amide bonds. The number of carbonyl (C=O) groups is 1. The van der Waals surface area contributed by atoms with Gasteiger partial charge in [-0.15, -0.1) is 0 Å². The second-order valence-electron chi connectivity index (χ2n) is 18.9. The minimum absolute atomic E-state index is 0.223. The molecule has 1 aliphatic heterocycles. The van der Waals surface area contributed by atoms with Crippen molar-refractivity contribution in [3.05, 3.63) is 36.5 Å². The molecule has 0 aromatic heterocycles. The van der Waals surface area contributed by atoms with E-state index in [-0.39, 0.29) is 6.42 Å². The fourth-order valence-electron chi connectivity index (χ4n) is 8.47. The maximum atomic E-state index is 13.2. The highest BCUT2D eigenvalue weighted by atomic mass is 32.3. The molecule has 13 nitrogen and oxygen atoms in total. The third kappa shape index (κ3) is 35.1. The van der Waals surface area contributed by atoms with E-state index in [1.165, 1.54) is 154 Å². The summed E-state index contributed by atoms with van der Waals surface area (Å²) in [5.74, 6) is -0.719. The van der Waals surface area contributed by atoms with Crippen LogP contribution in [-0.2, 0) is 28.9 Å². The Balaban J connectivity index is 2.52. The maximum Gasteiger partial charge on any atom is 0.397 e. The van der Waals surface area contributed by atoms with Crippen LogP contribution in [0.25, 0.3) is 0 Å². The Labute approximate surface area is 408 Å². The molecule has 0 bridgehead atoms. The van der Waals surface area contributed by atoms with Crippen LogP contribution in [0, 0.1) is 0 Å². The van der Waals surface area contributed by atoms with Gasteiger partial charge in [-0.3, -0.25) is 9.35 Å². The predicted octanol–water partition coefficient (Wildman–Crippen LogP) is 10.8. The van der Waals surface area contributed by atoms with Gasteiger partial charge < -0.3 is 40.3 Å². The number of hydrogen-bond donors (Lipinski definition) is 7. The predicted molar refractivity (Wildman–Crippen MR) is 270 cm³/mol. The average molecular weight is 974 g/mol. The lowest BCUT2D eigenvalue weighted by Crippen LogP contribution is -2.61. The van der Waals surface area contributed by atoms with Crippen LogP contribution in [0.1, 0.15) is 232 Å². The molecule has 8 unspecified atom stereocenters. The van der Waals surface area contributed by atoms with Gasteiger partial charge in [0, 0.05) is 0 Å². The van der Waals surface area contributed by atoms with E-state index >= 15 is 0 Å². The van der Waals surface area contributed by atoms with Crippen molar-refractivity contribution in [3.8, 4) is 0 Å². The van der Waals surface area contributed by atoms with E-state index in [0.717, 1.165) is 51.4 Å². The summed E-state index contributed by atoms with van der Waals surface area (Å²) in [6.07, 6.45) is 40.8. The standard InChI is InChI=1S/C53H99NO12S/c1-3-5-7-9-11-13-15-17-19-21-22-23-24-26-27-29-31-33-35-37-39-41-46(56)45(44-64-53-50(59)51(66-67(61,62)63)49(58)48(43-55)65-53)54-52(60)47(57)42-40-38-36-34-32-30-28-25-20-18-16-14-12-10-8-6-4-2/h28,30-31,33,39,41,45-51,53,55-59H,3-27,29,32,34-38,40,42-44H2,1-2H3,(H,54,60)(H,61,62,63)/b30-28-,33-31+,41-39+. The molecule has 1 fully saturated rings. The quantitative estimate of drug-likeness (QED) is 0.0173. The number of amides is 1. The molecule has 14 heteroatoms. The number of ether oxygens (including phenoxy) is 2. The highest BCUT2D eigenvalue weighted by molar-refractivity contribution is 7.80. The number of hydrogen-bond acceptors (Lipinski definition) is 11. The maximum absolute atomic E-state index is 13.2. The Kier molecular flexibility index (Phi) is 40.7. The number of nitrogens with one attached hydrogen (secondary N) is 1. The Morgan fingerprint density at radius 3 is 1.43 bits per heavy atom. The Morgan fingerprint density at radius 2 is 1.00 bits per heavy atom. The molecular weight excluding hydrogens is 875 g/mol. The molecule has 0 spiro atoms. The first-order valence-electron chi connectivity index (χ1n) is 27.0. The Hall–Kier alpha value is -1.72. The third-order valence-corrected chi connectivity index (χ3v) is 13.2. The minimum Gasteiger partial charge on any atom is -0.394 e. The summed E-state index contributed by atoms with van der Waals surface area (Å²) < 4.78 is 47.7. The van der Waals surface area contributed by atoms with Crippen molar-refractivity contribution in [2.75, 3.05) is 13.2 Å². The lowest BCUT2D eigenvalue weighted by molar-refractivity contribution is -0.298. The molecule has 67 heavy (non-hydrogen) atoms. The summed E-state index contributed by atoms with van der Waals surface area (Å²) in [6.45, 7) is 3.22. The third-order valence-electron chi connectivity index (χ3n) is 12.8. The zero-order valence-electron chi connectivity index (χ0n) is 42.1. The van der Waals surface area contributed by atoms with Crippen molar-refractivity contribution in [2.45, 2.75) is 281 Å². The van der Waals surface area contributed by atoms with Crippen LogP contribution >= 0.6 is 0 Å². The number of aliphatic hydroxyl groups excluding tert-OH is 5. The molecular formula is C53H99NO12S. The van der Waals surface area contributed by atoms with Crippen LogP contribution in [-0.4, -0.2) is 107 Å². The molecule has 8 atom stereocenters. The first kappa shape index (κ1) is 63.3. The van der Waals surface area contributed by atoms with Gasteiger partial charge in [0.05, 0.1) is 25.4 Å². The zero-order chi connectivity index (χ0) is 49.2. The normalized spacial score (nSPS) is 20.6. The van der Waals surface area contributed by atoms with Crippen molar-refractivity contribution >= 4 is 16.3 Å². The first-order valence-corrected chi connectivity index (χ1v) is 28.3.